The summed E-state index contributed by atoms with van der Waals surface area (Å²) in [4.78, 5) is 15.3. The van der Waals surface area contributed by atoms with Crippen LogP contribution in [0.25, 0.3) is 0 Å². The van der Waals surface area contributed by atoms with Crippen LogP contribution in [0.2, 0.25) is 0 Å². The first-order valence-corrected chi connectivity index (χ1v) is 8.54. The van der Waals surface area contributed by atoms with Gasteiger partial charge in [-0.25, -0.2) is 0 Å². The summed E-state index contributed by atoms with van der Waals surface area (Å²) in [6.07, 6.45) is 6.62. The third-order valence-electron chi connectivity index (χ3n) is 5.36. The van der Waals surface area contributed by atoms with E-state index in [-0.39, 0.29) is 5.41 Å². The molecule has 2 aliphatic rings. The lowest BCUT2D eigenvalue weighted by molar-refractivity contribution is -0.151. The standard InChI is InChI=1S/C17H32N2O2/c1-4-6-16(2)7-5-12-19(13-16)15(20)17(14-21-3)8-10-18-11-9-17/h18H,4-14H2,1-3H3. The molecule has 2 heterocycles. The maximum absolute atomic E-state index is 13.2. The molecule has 0 aromatic rings. The molecule has 2 saturated heterocycles. The van der Waals surface area contributed by atoms with Crippen LogP contribution in [0.15, 0.2) is 0 Å². The molecule has 2 rings (SSSR count). The van der Waals surface area contributed by atoms with E-state index >= 15 is 0 Å². The number of hydrogen-bond donors (Lipinski definition) is 1. The molecule has 0 saturated carbocycles. The second-order valence-electron chi connectivity index (χ2n) is 7.35. The van der Waals surface area contributed by atoms with Crippen LogP contribution in [0.5, 0.6) is 0 Å². The second-order valence-corrected chi connectivity index (χ2v) is 7.35. The Bertz CT molecular complexity index is 343. The lowest BCUT2D eigenvalue weighted by atomic mass is 9.75. The third-order valence-corrected chi connectivity index (χ3v) is 5.36. The number of carbonyl (C=O) groups is 1. The average Bonchev–Trinajstić information content (AvgIpc) is 2.47. The summed E-state index contributed by atoms with van der Waals surface area (Å²) in [5, 5.41) is 3.37. The number of nitrogens with zero attached hydrogens (tertiary/aromatic N) is 1. The van der Waals surface area contributed by atoms with Gasteiger partial charge in [-0.15, -0.1) is 0 Å². The Kier molecular flexibility index (Phi) is 5.67. The van der Waals surface area contributed by atoms with Gasteiger partial charge in [0.1, 0.15) is 0 Å². The SMILES string of the molecule is CCCC1(C)CCCN(C(=O)C2(COC)CCNCC2)C1. The van der Waals surface area contributed by atoms with E-state index in [1.54, 1.807) is 7.11 Å². The smallest absolute Gasteiger partial charge is 0.231 e. The summed E-state index contributed by atoms with van der Waals surface area (Å²) in [7, 11) is 1.72. The van der Waals surface area contributed by atoms with E-state index in [1.165, 1.54) is 19.3 Å². The molecule has 4 nitrogen and oxygen atoms in total. The van der Waals surface area contributed by atoms with Crippen LogP contribution in [0.1, 0.15) is 52.4 Å². The Morgan fingerprint density at radius 1 is 1.29 bits per heavy atom. The lowest BCUT2D eigenvalue weighted by Crippen LogP contribution is -2.55. The van der Waals surface area contributed by atoms with Gasteiger partial charge in [0, 0.05) is 20.2 Å². The van der Waals surface area contributed by atoms with Gasteiger partial charge in [0.25, 0.3) is 0 Å². The maximum atomic E-state index is 13.2. The van der Waals surface area contributed by atoms with Crippen LogP contribution in [-0.4, -0.2) is 50.7 Å². The van der Waals surface area contributed by atoms with E-state index in [9.17, 15) is 4.79 Å². The molecule has 1 amide bonds. The summed E-state index contributed by atoms with van der Waals surface area (Å²) < 4.78 is 5.42. The molecule has 0 aliphatic carbocycles. The highest BCUT2D eigenvalue weighted by Gasteiger charge is 2.44. The van der Waals surface area contributed by atoms with Crippen molar-refractivity contribution in [2.24, 2.45) is 10.8 Å². The van der Waals surface area contributed by atoms with Crippen LogP contribution >= 0.6 is 0 Å². The van der Waals surface area contributed by atoms with E-state index in [1.807, 2.05) is 0 Å². The lowest BCUT2D eigenvalue weighted by Gasteiger charge is -2.45. The number of methoxy groups -OCH3 is 1. The highest BCUT2D eigenvalue weighted by Crippen LogP contribution is 2.38. The number of nitrogens with one attached hydrogen (secondary N) is 1. The fraction of sp³-hybridized carbons (Fsp3) is 0.941. The van der Waals surface area contributed by atoms with Gasteiger partial charge in [0.2, 0.25) is 5.91 Å². The van der Waals surface area contributed by atoms with Gasteiger partial charge in [-0.2, -0.15) is 0 Å². The molecule has 21 heavy (non-hydrogen) atoms. The van der Waals surface area contributed by atoms with E-state index in [0.717, 1.165) is 45.4 Å². The van der Waals surface area contributed by atoms with Gasteiger partial charge < -0.3 is 15.0 Å². The summed E-state index contributed by atoms with van der Waals surface area (Å²) in [6.45, 7) is 8.86. The van der Waals surface area contributed by atoms with E-state index in [0.29, 0.717) is 17.9 Å². The van der Waals surface area contributed by atoms with Crippen molar-refractivity contribution in [2.75, 3.05) is 39.9 Å². The van der Waals surface area contributed by atoms with E-state index in [4.69, 9.17) is 4.74 Å². The zero-order valence-corrected chi connectivity index (χ0v) is 14.0. The number of rotatable bonds is 5. The first-order valence-electron chi connectivity index (χ1n) is 8.54. The minimum atomic E-state index is -0.287. The van der Waals surface area contributed by atoms with E-state index in [2.05, 4.69) is 24.1 Å². The number of piperidine rings is 2. The molecule has 4 heteroatoms. The number of amides is 1. The first kappa shape index (κ1) is 16.8. The molecule has 1 atom stereocenters. The van der Waals surface area contributed by atoms with E-state index < -0.39 is 0 Å². The monoisotopic (exact) mass is 296 g/mol. The first-order chi connectivity index (χ1) is 10.1. The summed E-state index contributed by atoms with van der Waals surface area (Å²) in [5.41, 5.74) is 0.0221. The molecule has 1 N–H and O–H groups in total. The minimum absolute atomic E-state index is 0.287. The Labute approximate surface area is 129 Å². The third kappa shape index (κ3) is 3.78. The van der Waals surface area contributed by atoms with Crippen molar-refractivity contribution in [1.29, 1.82) is 0 Å². The van der Waals surface area contributed by atoms with Gasteiger partial charge in [0.05, 0.1) is 12.0 Å². The molecule has 0 aromatic carbocycles. The van der Waals surface area contributed by atoms with Gasteiger partial charge in [0.15, 0.2) is 0 Å². The van der Waals surface area contributed by atoms with Crippen molar-refractivity contribution in [3.05, 3.63) is 0 Å². The fourth-order valence-electron chi connectivity index (χ4n) is 4.23. The highest BCUT2D eigenvalue weighted by molar-refractivity contribution is 5.83. The molecule has 2 fully saturated rings. The zero-order valence-electron chi connectivity index (χ0n) is 14.0. The predicted octanol–water partition coefficient (Wildman–Crippen LogP) is 2.43. The summed E-state index contributed by atoms with van der Waals surface area (Å²) >= 11 is 0. The Balaban J connectivity index is 2.09. The number of hydrogen-bond acceptors (Lipinski definition) is 3. The molecule has 2 aliphatic heterocycles. The van der Waals surface area contributed by atoms with Crippen molar-refractivity contribution >= 4 is 5.91 Å². The van der Waals surface area contributed by atoms with Crippen LogP contribution < -0.4 is 5.32 Å². The van der Waals surface area contributed by atoms with Crippen molar-refractivity contribution in [3.8, 4) is 0 Å². The molecule has 1 unspecified atom stereocenters. The molecule has 0 radical (unpaired) electrons. The molecule has 0 bridgehead atoms. The van der Waals surface area contributed by atoms with Crippen LogP contribution in [0, 0.1) is 10.8 Å². The predicted molar refractivity (Wildman–Crippen MR) is 85.2 cm³/mol. The van der Waals surface area contributed by atoms with Crippen molar-refractivity contribution in [3.63, 3.8) is 0 Å². The molecular weight excluding hydrogens is 264 g/mol. The van der Waals surface area contributed by atoms with Crippen LogP contribution in [0.3, 0.4) is 0 Å². The number of ether oxygens (including phenoxy) is 1. The van der Waals surface area contributed by atoms with Gasteiger partial charge in [-0.3, -0.25) is 4.79 Å². The molecule has 122 valence electrons. The largest absolute Gasteiger partial charge is 0.384 e. The van der Waals surface area contributed by atoms with Crippen LogP contribution in [0.4, 0.5) is 0 Å². The Morgan fingerprint density at radius 3 is 2.62 bits per heavy atom. The average molecular weight is 296 g/mol. The quantitative estimate of drug-likeness (QED) is 0.847. The highest BCUT2D eigenvalue weighted by atomic mass is 16.5. The second kappa shape index (κ2) is 7.10. The molecule has 0 aromatic heterocycles. The fourth-order valence-corrected chi connectivity index (χ4v) is 4.23. The topological polar surface area (TPSA) is 41.6 Å². The van der Waals surface area contributed by atoms with Crippen molar-refractivity contribution in [2.45, 2.75) is 52.4 Å². The van der Waals surface area contributed by atoms with Gasteiger partial charge in [-0.1, -0.05) is 20.3 Å². The van der Waals surface area contributed by atoms with Crippen LogP contribution in [-0.2, 0) is 9.53 Å². The summed E-state index contributed by atoms with van der Waals surface area (Å²) in [6, 6.07) is 0. The Hall–Kier alpha value is -0.610. The zero-order chi connectivity index (χ0) is 15.3. The maximum Gasteiger partial charge on any atom is 0.231 e. The van der Waals surface area contributed by atoms with Gasteiger partial charge in [-0.05, 0) is 50.6 Å². The molecular formula is C17H32N2O2. The minimum Gasteiger partial charge on any atom is -0.384 e. The molecule has 0 spiro atoms. The normalized spacial score (nSPS) is 29.4. The number of carbonyl (C=O) groups excluding carboxylic acids is 1. The summed E-state index contributed by atoms with van der Waals surface area (Å²) in [5.74, 6) is 0.341. The van der Waals surface area contributed by atoms with Crippen molar-refractivity contribution in [1.82, 2.24) is 10.2 Å². The number of likely N-dealkylation sites (tertiary alicyclic amines) is 1. The van der Waals surface area contributed by atoms with Gasteiger partial charge >= 0.3 is 0 Å². The van der Waals surface area contributed by atoms with Crippen molar-refractivity contribution < 1.29 is 9.53 Å². The Morgan fingerprint density at radius 2 is 2.00 bits per heavy atom.